The van der Waals surface area contributed by atoms with Crippen LogP contribution >= 0.6 is 11.6 Å². The Morgan fingerprint density at radius 2 is 1.79 bits per heavy atom. The van der Waals surface area contributed by atoms with Crippen molar-refractivity contribution in [2.45, 2.75) is 12.3 Å². The van der Waals surface area contributed by atoms with Gasteiger partial charge in [-0.1, -0.05) is 29.8 Å². The zero-order valence-electron chi connectivity index (χ0n) is 16.0. The van der Waals surface area contributed by atoms with Crippen LogP contribution in [0.5, 0.6) is 0 Å². The summed E-state index contributed by atoms with van der Waals surface area (Å²) < 4.78 is 5.38. The quantitative estimate of drug-likeness (QED) is 0.829. The van der Waals surface area contributed by atoms with Gasteiger partial charge in [0.15, 0.2) is 0 Å². The summed E-state index contributed by atoms with van der Waals surface area (Å²) in [5.74, 6) is -1.04. The third-order valence-electron chi connectivity index (χ3n) is 5.67. The van der Waals surface area contributed by atoms with E-state index in [2.05, 4.69) is 4.90 Å². The summed E-state index contributed by atoms with van der Waals surface area (Å²) in [6.07, 6.45) is 0.736. The topological polar surface area (TPSA) is 70.1 Å². The van der Waals surface area contributed by atoms with Gasteiger partial charge in [0.25, 0.3) is 5.91 Å². The molecule has 0 radical (unpaired) electrons. The van der Waals surface area contributed by atoms with Gasteiger partial charge in [0, 0.05) is 37.8 Å². The second-order valence-corrected chi connectivity index (χ2v) is 7.80. The Labute approximate surface area is 174 Å². The lowest BCUT2D eigenvalue weighted by atomic mass is 9.93. The molecule has 2 aliphatic heterocycles. The summed E-state index contributed by atoms with van der Waals surface area (Å²) >= 11 is 6.46. The average molecular weight is 415 g/mol. The number of carbonyl (C=O) groups is 2. The maximum absolute atomic E-state index is 13.0. The monoisotopic (exact) mass is 414 g/mol. The van der Waals surface area contributed by atoms with Crippen molar-refractivity contribution in [3.63, 3.8) is 0 Å². The van der Waals surface area contributed by atoms with E-state index in [-0.39, 0.29) is 11.8 Å². The van der Waals surface area contributed by atoms with E-state index < -0.39 is 5.97 Å². The van der Waals surface area contributed by atoms with E-state index in [4.69, 9.17) is 16.3 Å². The Hall–Kier alpha value is -2.57. The first-order valence-electron chi connectivity index (χ1n) is 9.78. The third-order valence-corrected chi connectivity index (χ3v) is 5.98. The number of halogens is 1. The van der Waals surface area contributed by atoms with Crippen molar-refractivity contribution in [3.8, 4) is 0 Å². The van der Waals surface area contributed by atoms with Gasteiger partial charge in [-0.15, -0.1) is 0 Å². The van der Waals surface area contributed by atoms with E-state index in [0.29, 0.717) is 42.5 Å². The molecule has 1 N–H and O–H groups in total. The number of ether oxygens (including phenoxy) is 1. The van der Waals surface area contributed by atoms with Crippen LogP contribution in [0.1, 0.15) is 38.6 Å². The van der Waals surface area contributed by atoms with Gasteiger partial charge in [-0.25, -0.2) is 4.79 Å². The fourth-order valence-electron chi connectivity index (χ4n) is 4.11. The molecule has 1 amide bonds. The highest BCUT2D eigenvalue weighted by Crippen LogP contribution is 2.32. The number of likely N-dealkylation sites (tertiary alicyclic amines) is 1. The predicted molar refractivity (Wildman–Crippen MR) is 111 cm³/mol. The number of hydrogen-bond acceptors (Lipinski definition) is 4. The Morgan fingerprint density at radius 3 is 2.52 bits per heavy atom. The highest BCUT2D eigenvalue weighted by atomic mass is 35.5. The molecule has 1 atom stereocenters. The second-order valence-electron chi connectivity index (χ2n) is 7.39. The van der Waals surface area contributed by atoms with E-state index >= 15 is 0 Å². The van der Waals surface area contributed by atoms with Crippen molar-refractivity contribution in [2.24, 2.45) is 0 Å². The number of anilines is 1. The van der Waals surface area contributed by atoms with Crippen LogP contribution in [0.4, 0.5) is 5.69 Å². The minimum atomic E-state index is -0.938. The summed E-state index contributed by atoms with van der Waals surface area (Å²) in [6, 6.07) is 12.6. The summed E-state index contributed by atoms with van der Waals surface area (Å²) in [5, 5.41) is 9.88. The first-order chi connectivity index (χ1) is 14.0. The number of carboxylic acids is 1. The molecule has 2 heterocycles. The number of nitrogens with zero attached hydrogens (tertiary/aromatic N) is 2. The van der Waals surface area contributed by atoms with Crippen LogP contribution in [-0.4, -0.2) is 61.3 Å². The highest BCUT2D eigenvalue weighted by Gasteiger charge is 2.31. The SMILES string of the molecule is O=C(O)c1ccccc1C1CCN(C(=O)c2ccc(N3CCOCC3)cc2Cl)C1. The first kappa shape index (κ1) is 19.7. The Balaban J connectivity index is 1.49. The molecule has 2 aliphatic rings. The van der Waals surface area contributed by atoms with Crippen molar-refractivity contribution >= 4 is 29.2 Å². The normalized spacial score (nSPS) is 19.4. The molecule has 0 saturated carbocycles. The molecule has 0 spiro atoms. The second kappa shape index (κ2) is 8.43. The fourth-order valence-corrected chi connectivity index (χ4v) is 4.37. The molecule has 29 heavy (non-hydrogen) atoms. The minimum absolute atomic E-state index is 0.0117. The molecule has 1 unspecified atom stereocenters. The van der Waals surface area contributed by atoms with Gasteiger partial charge in [-0.3, -0.25) is 4.79 Å². The molecule has 2 saturated heterocycles. The van der Waals surface area contributed by atoms with Gasteiger partial charge < -0.3 is 19.6 Å². The van der Waals surface area contributed by atoms with Gasteiger partial charge in [-0.2, -0.15) is 0 Å². The summed E-state index contributed by atoms with van der Waals surface area (Å²) in [7, 11) is 0. The number of rotatable bonds is 4. The minimum Gasteiger partial charge on any atom is -0.478 e. The van der Waals surface area contributed by atoms with E-state index in [1.807, 2.05) is 24.3 Å². The molecule has 7 heteroatoms. The van der Waals surface area contributed by atoms with E-state index in [0.717, 1.165) is 30.8 Å². The highest BCUT2D eigenvalue weighted by molar-refractivity contribution is 6.34. The number of carbonyl (C=O) groups excluding carboxylic acids is 1. The number of benzene rings is 2. The van der Waals surface area contributed by atoms with E-state index in [1.54, 1.807) is 23.1 Å². The van der Waals surface area contributed by atoms with Gasteiger partial charge in [0.1, 0.15) is 0 Å². The largest absolute Gasteiger partial charge is 0.478 e. The van der Waals surface area contributed by atoms with Crippen LogP contribution in [0.25, 0.3) is 0 Å². The van der Waals surface area contributed by atoms with Crippen LogP contribution in [-0.2, 0) is 4.74 Å². The van der Waals surface area contributed by atoms with E-state index in [9.17, 15) is 14.7 Å². The smallest absolute Gasteiger partial charge is 0.335 e. The molecule has 0 bridgehead atoms. The van der Waals surface area contributed by atoms with Gasteiger partial charge in [0.05, 0.1) is 29.4 Å². The van der Waals surface area contributed by atoms with Crippen molar-refractivity contribution in [2.75, 3.05) is 44.3 Å². The van der Waals surface area contributed by atoms with Gasteiger partial charge in [0.2, 0.25) is 0 Å². The Bertz CT molecular complexity index is 927. The number of amides is 1. The number of carboxylic acid groups (broad SMARTS) is 1. The van der Waals surface area contributed by atoms with Crippen LogP contribution < -0.4 is 4.90 Å². The Morgan fingerprint density at radius 1 is 1.03 bits per heavy atom. The van der Waals surface area contributed by atoms with Crippen LogP contribution in [0, 0.1) is 0 Å². The van der Waals surface area contributed by atoms with Gasteiger partial charge in [-0.05, 0) is 36.2 Å². The lowest BCUT2D eigenvalue weighted by Gasteiger charge is -2.29. The van der Waals surface area contributed by atoms with Crippen molar-refractivity contribution in [1.29, 1.82) is 0 Å². The molecule has 0 aliphatic carbocycles. The van der Waals surface area contributed by atoms with Gasteiger partial charge >= 0.3 is 5.97 Å². The number of morpholine rings is 1. The zero-order chi connectivity index (χ0) is 20.4. The molecule has 0 aromatic heterocycles. The maximum Gasteiger partial charge on any atom is 0.335 e. The third kappa shape index (κ3) is 4.09. The maximum atomic E-state index is 13.0. The van der Waals surface area contributed by atoms with E-state index in [1.165, 1.54) is 0 Å². The molecule has 6 nitrogen and oxygen atoms in total. The van der Waals surface area contributed by atoms with Crippen LogP contribution in [0.2, 0.25) is 5.02 Å². The lowest BCUT2D eigenvalue weighted by Crippen LogP contribution is -2.36. The average Bonchev–Trinajstić information content (AvgIpc) is 3.24. The zero-order valence-corrected chi connectivity index (χ0v) is 16.8. The molecule has 152 valence electrons. The fraction of sp³-hybridized carbons (Fsp3) is 0.364. The summed E-state index contributed by atoms with van der Waals surface area (Å²) in [5.41, 5.74) is 2.56. The molecule has 2 aromatic carbocycles. The molecule has 4 rings (SSSR count). The lowest BCUT2D eigenvalue weighted by molar-refractivity contribution is 0.0695. The summed E-state index contributed by atoms with van der Waals surface area (Å²) in [4.78, 5) is 28.5. The number of aromatic carboxylic acids is 1. The van der Waals surface area contributed by atoms with Crippen molar-refractivity contribution in [1.82, 2.24) is 4.90 Å². The molecule has 2 fully saturated rings. The van der Waals surface area contributed by atoms with Crippen molar-refractivity contribution in [3.05, 3.63) is 64.2 Å². The summed E-state index contributed by atoms with van der Waals surface area (Å²) in [6.45, 7) is 4.06. The predicted octanol–water partition coefficient (Wildman–Crippen LogP) is 3.50. The molecular formula is C22H23ClN2O4. The van der Waals surface area contributed by atoms with Crippen LogP contribution in [0.3, 0.4) is 0 Å². The number of hydrogen-bond donors (Lipinski definition) is 1. The van der Waals surface area contributed by atoms with Crippen molar-refractivity contribution < 1.29 is 19.4 Å². The molecular weight excluding hydrogens is 392 g/mol. The first-order valence-corrected chi connectivity index (χ1v) is 10.2. The Kier molecular flexibility index (Phi) is 5.74. The molecule has 2 aromatic rings. The van der Waals surface area contributed by atoms with Crippen LogP contribution in [0.15, 0.2) is 42.5 Å². The standard InChI is InChI=1S/C22H23ClN2O4/c23-20-13-16(24-9-11-29-12-10-24)5-6-19(20)21(26)25-8-7-15(14-25)17-3-1-2-4-18(17)22(27)28/h1-6,13,15H,7-12,14H2,(H,27,28).